The van der Waals surface area contributed by atoms with Crippen LogP contribution in [0.2, 0.25) is 0 Å². The Morgan fingerprint density at radius 2 is 2.13 bits per heavy atom. The van der Waals surface area contributed by atoms with Crippen LogP contribution in [0.15, 0.2) is 6.20 Å². The van der Waals surface area contributed by atoms with Gasteiger partial charge in [-0.15, -0.1) is 0 Å². The fraction of sp³-hybridized carbons (Fsp3) is 0.583. The van der Waals surface area contributed by atoms with Gasteiger partial charge in [-0.1, -0.05) is 12.8 Å². The molecule has 0 bridgehead atoms. The van der Waals surface area contributed by atoms with E-state index in [0.717, 1.165) is 18.4 Å². The Kier molecular flexibility index (Phi) is 1.80. The van der Waals surface area contributed by atoms with Gasteiger partial charge in [-0.3, -0.25) is 0 Å². The molecule has 0 aromatic carbocycles. The van der Waals surface area contributed by atoms with E-state index in [1.807, 2.05) is 6.20 Å². The van der Waals surface area contributed by atoms with E-state index in [9.17, 15) is 0 Å². The molecular formula is C12H16N2O. The molecule has 3 nitrogen and oxygen atoms in total. The molecule has 1 aliphatic heterocycles. The number of rotatable bonds is 0. The van der Waals surface area contributed by atoms with Crippen molar-refractivity contribution in [3.63, 3.8) is 0 Å². The first-order valence-corrected chi connectivity index (χ1v) is 5.61. The summed E-state index contributed by atoms with van der Waals surface area (Å²) >= 11 is 0. The van der Waals surface area contributed by atoms with Gasteiger partial charge in [0.1, 0.15) is 5.82 Å². The minimum Gasteiger partial charge on any atom is -0.383 e. The van der Waals surface area contributed by atoms with Crippen LogP contribution in [-0.2, 0) is 16.9 Å². The minimum absolute atomic E-state index is 0.0174. The van der Waals surface area contributed by atoms with Crippen LogP contribution >= 0.6 is 0 Å². The topological polar surface area (TPSA) is 48.1 Å². The lowest BCUT2D eigenvalue weighted by Crippen LogP contribution is -2.22. The van der Waals surface area contributed by atoms with E-state index in [2.05, 4.69) is 11.9 Å². The van der Waals surface area contributed by atoms with Gasteiger partial charge in [-0.25, -0.2) is 4.98 Å². The summed E-state index contributed by atoms with van der Waals surface area (Å²) in [5, 5.41) is 0. The van der Waals surface area contributed by atoms with E-state index in [4.69, 9.17) is 10.5 Å². The third-order valence-corrected chi connectivity index (χ3v) is 3.81. The van der Waals surface area contributed by atoms with E-state index < -0.39 is 0 Å². The molecule has 1 saturated carbocycles. The Morgan fingerprint density at radius 3 is 2.87 bits per heavy atom. The average molecular weight is 204 g/mol. The Balaban J connectivity index is 2.19. The van der Waals surface area contributed by atoms with E-state index in [0.29, 0.717) is 12.4 Å². The first-order valence-electron chi connectivity index (χ1n) is 5.61. The van der Waals surface area contributed by atoms with Gasteiger partial charge in [-0.2, -0.15) is 0 Å². The molecule has 1 aliphatic carbocycles. The molecule has 1 fully saturated rings. The molecule has 0 amide bonds. The van der Waals surface area contributed by atoms with Crippen molar-refractivity contribution in [1.29, 1.82) is 0 Å². The Morgan fingerprint density at radius 1 is 1.40 bits per heavy atom. The Bertz CT molecular complexity index is 408. The van der Waals surface area contributed by atoms with Gasteiger partial charge < -0.3 is 10.5 Å². The van der Waals surface area contributed by atoms with Crippen LogP contribution in [0, 0.1) is 6.92 Å². The summed E-state index contributed by atoms with van der Waals surface area (Å²) in [7, 11) is 0. The lowest BCUT2D eigenvalue weighted by molar-refractivity contribution is -0.0327. The van der Waals surface area contributed by atoms with Crippen LogP contribution in [0.1, 0.15) is 42.4 Å². The first-order chi connectivity index (χ1) is 7.23. The molecule has 2 aliphatic rings. The van der Waals surface area contributed by atoms with Crippen molar-refractivity contribution in [2.75, 3.05) is 5.73 Å². The summed E-state index contributed by atoms with van der Waals surface area (Å²) in [6.45, 7) is 2.78. The van der Waals surface area contributed by atoms with Gasteiger partial charge >= 0.3 is 0 Å². The monoisotopic (exact) mass is 204 g/mol. The number of nitrogen functional groups attached to an aromatic ring is 1. The zero-order valence-corrected chi connectivity index (χ0v) is 9.05. The summed E-state index contributed by atoms with van der Waals surface area (Å²) < 4.78 is 6.01. The summed E-state index contributed by atoms with van der Waals surface area (Å²) in [6.07, 6.45) is 6.70. The van der Waals surface area contributed by atoms with Crippen LogP contribution in [0.25, 0.3) is 0 Å². The number of fused-ring (bicyclic) bond motifs is 2. The summed E-state index contributed by atoms with van der Waals surface area (Å²) in [4.78, 5) is 4.20. The van der Waals surface area contributed by atoms with Gasteiger partial charge in [0, 0.05) is 11.8 Å². The molecule has 0 unspecified atom stereocenters. The predicted molar refractivity (Wildman–Crippen MR) is 58.3 cm³/mol. The number of hydrogen-bond donors (Lipinski definition) is 1. The maximum atomic E-state index is 6.01. The smallest absolute Gasteiger partial charge is 0.126 e. The predicted octanol–water partition coefficient (Wildman–Crippen LogP) is 2.27. The Hall–Kier alpha value is -1.09. The minimum atomic E-state index is -0.0174. The molecule has 0 atom stereocenters. The van der Waals surface area contributed by atoms with Crippen molar-refractivity contribution in [2.24, 2.45) is 0 Å². The van der Waals surface area contributed by atoms with Crippen molar-refractivity contribution in [1.82, 2.24) is 4.98 Å². The normalized spacial score (nSPS) is 22.2. The van der Waals surface area contributed by atoms with E-state index >= 15 is 0 Å². The second-order valence-corrected chi connectivity index (χ2v) is 4.66. The number of nitrogens with zero attached hydrogens (tertiary/aromatic N) is 1. The zero-order chi connectivity index (χ0) is 10.5. The molecular weight excluding hydrogens is 188 g/mol. The van der Waals surface area contributed by atoms with Crippen LogP contribution in [0.5, 0.6) is 0 Å². The number of nitrogens with two attached hydrogens (primary N) is 1. The molecule has 0 radical (unpaired) electrons. The summed E-state index contributed by atoms with van der Waals surface area (Å²) in [5.41, 5.74) is 9.57. The van der Waals surface area contributed by atoms with Crippen LogP contribution in [-0.4, -0.2) is 4.98 Å². The van der Waals surface area contributed by atoms with E-state index in [1.54, 1.807) is 0 Å². The number of hydrogen-bond acceptors (Lipinski definition) is 3. The van der Waals surface area contributed by atoms with Gasteiger partial charge in [-0.05, 0) is 30.9 Å². The molecule has 80 valence electrons. The van der Waals surface area contributed by atoms with Crippen molar-refractivity contribution < 1.29 is 4.74 Å². The van der Waals surface area contributed by atoms with Gasteiger partial charge in [0.25, 0.3) is 0 Å². The lowest BCUT2D eigenvalue weighted by Gasteiger charge is -2.25. The fourth-order valence-corrected chi connectivity index (χ4v) is 3.05. The van der Waals surface area contributed by atoms with Gasteiger partial charge in [0.15, 0.2) is 0 Å². The first kappa shape index (κ1) is 9.16. The highest BCUT2D eigenvalue weighted by molar-refractivity contribution is 5.51. The third-order valence-electron chi connectivity index (χ3n) is 3.81. The van der Waals surface area contributed by atoms with Gasteiger partial charge in [0.2, 0.25) is 0 Å². The molecule has 1 aromatic rings. The average Bonchev–Trinajstić information content (AvgIpc) is 2.83. The lowest BCUT2D eigenvalue weighted by atomic mass is 9.88. The van der Waals surface area contributed by atoms with Crippen molar-refractivity contribution in [2.45, 2.75) is 44.8 Å². The number of aromatic nitrogens is 1. The molecule has 2 heterocycles. The summed E-state index contributed by atoms with van der Waals surface area (Å²) in [6, 6.07) is 0. The molecule has 1 aromatic heterocycles. The van der Waals surface area contributed by atoms with Crippen LogP contribution in [0.4, 0.5) is 5.82 Å². The highest BCUT2D eigenvalue weighted by Gasteiger charge is 2.43. The second-order valence-electron chi connectivity index (χ2n) is 4.66. The highest BCUT2D eigenvalue weighted by atomic mass is 16.5. The van der Waals surface area contributed by atoms with Crippen LogP contribution < -0.4 is 5.73 Å². The van der Waals surface area contributed by atoms with Crippen molar-refractivity contribution >= 4 is 5.82 Å². The van der Waals surface area contributed by atoms with Crippen molar-refractivity contribution in [3.8, 4) is 0 Å². The second kappa shape index (κ2) is 2.95. The molecule has 0 saturated heterocycles. The molecule has 3 rings (SSSR count). The maximum Gasteiger partial charge on any atom is 0.126 e. The zero-order valence-electron chi connectivity index (χ0n) is 9.05. The number of ether oxygens (including phenoxy) is 1. The number of anilines is 1. The molecule has 3 heteroatoms. The standard InChI is InChI=1S/C12H16N2O/c1-8-10-9(6-14-11(8)13)7-15-12(10)4-2-3-5-12/h6H,2-5,7H2,1H3,(H2,13,14). The molecule has 1 spiro atoms. The quantitative estimate of drug-likeness (QED) is 0.705. The van der Waals surface area contributed by atoms with E-state index in [1.165, 1.54) is 24.0 Å². The number of pyridine rings is 1. The van der Waals surface area contributed by atoms with Crippen LogP contribution in [0.3, 0.4) is 0 Å². The largest absolute Gasteiger partial charge is 0.383 e. The summed E-state index contributed by atoms with van der Waals surface area (Å²) in [5.74, 6) is 0.658. The van der Waals surface area contributed by atoms with Gasteiger partial charge in [0.05, 0.1) is 12.2 Å². The SMILES string of the molecule is Cc1c(N)ncc2c1C1(CCCC1)OC2. The molecule has 15 heavy (non-hydrogen) atoms. The fourth-order valence-electron chi connectivity index (χ4n) is 3.05. The third kappa shape index (κ3) is 1.13. The highest BCUT2D eigenvalue weighted by Crippen LogP contribution is 2.49. The van der Waals surface area contributed by atoms with Crippen molar-refractivity contribution in [3.05, 3.63) is 22.9 Å². The molecule has 2 N–H and O–H groups in total. The van der Waals surface area contributed by atoms with E-state index in [-0.39, 0.29) is 5.60 Å². The maximum absolute atomic E-state index is 6.01. The Labute approximate surface area is 89.6 Å².